The van der Waals surface area contributed by atoms with E-state index in [2.05, 4.69) is 0 Å². The third-order valence-electron chi connectivity index (χ3n) is 3.16. The van der Waals surface area contributed by atoms with E-state index in [4.69, 9.17) is 11.6 Å². The van der Waals surface area contributed by atoms with Crippen LogP contribution in [-0.4, -0.2) is 5.38 Å². The maximum absolute atomic E-state index is 12.9. The molecule has 1 atom stereocenters. The molecule has 0 aromatic heterocycles. The van der Waals surface area contributed by atoms with Crippen LogP contribution in [0.15, 0.2) is 24.3 Å². The Labute approximate surface area is 95.4 Å². The quantitative estimate of drug-likeness (QED) is 0.677. The summed E-state index contributed by atoms with van der Waals surface area (Å²) < 4.78 is 12.9. The lowest BCUT2D eigenvalue weighted by molar-refractivity contribution is 0.292. The summed E-state index contributed by atoms with van der Waals surface area (Å²) >= 11 is 6.25. The summed E-state index contributed by atoms with van der Waals surface area (Å²) in [7, 11) is 0. The van der Waals surface area contributed by atoms with E-state index in [0.717, 1.165) is 24.3 Å². The molecule has 1 saturated carbocycles. The van der Waals surface area contributed by atoms with Gasteiger partial charge in [0.05, 0.1) is 0 Å². The summed E-state index contributed by atoms with van der Waals surface area (Å²) in [5.41, 5.74) is 1.01. The highest BCUT2D eigenvalue weighted by Crippen LogP contribution is 2.32. The van der Waals surface area contributed by atoms with Crippen LogP contribution in [0.4, 0.5) is 4.39 Å². The van der Waals surface area contributed by atoms with E-state index in [1.54, 1.807) is 12.1 Å². The molecule has 0 spiro atoms. The van der Waals surface area contributed by atoms with Gasteiger partial charge < -0.3 is 0 Å². The molecular weight excluding hydrogens is 211 g/mol. The third kappa shape index (κ3) is 3.20. The summed E-state index contributed by atoms with van der Waals surface area (Å²) in [6.07, 6.45) is 5.88. The summed E-state index contributed by atoms with van der Waals surface area (Å²) in [5.74, 6) is 0.654. The maximum atomic E-state index is 12.9. The van der Waals surface area contributed by atoms with Gasteiger partial charge in [-0.3, -0.25) is 0 Å². The van der Waals surface area contributed by atoms with Crippen LogP contribution < -0.4 is 0 Å². The van der Waals surface area contributed by atoms with Crippen molar-refractivity contribution in [2.75, 3.05) is 0 Å². The van der Waals surface area contributed by atoms with E-state index in [1.165, 1.54) is 25.3 Å². The molecule has 0 nitrogen and oxygen atoms in total. The molecule has 1 aromatic carbocycles. The molecule has 0 radical (unpaired) electrons. The monoisotopic (exact) mass is 226 g/mol. The van der Waals surface area contributed by atoms with Crippen LogP contribution in [0.2, 0.25) is 0 Å². The Hall–Kier alpha value is -0.560. The van der Waals surface area contributed by atoms with Crippen molar-refractivity contribution in [1.29, 1.82) is 0 Å². The summed E-state index contributed by atoms with van der Waals surface area (Å²) in [5, 5.41) is 0.164. The van der Waals surface area contributed by atoms with Gasteiger partial charge in [-0.05, 0) is 36.5 Å². The molecule has 15 heavy (non-hydrogen) atoms. The summed E-state index contributed by atoms with van der Waals surface area (Å²) in [6, 6.07) is 6.74. The van der Waals surface area contributed by atoms with Crippen molar-refractivity contribution >= 4 is 11.6 Å². The fourth-order valence-corrected chi connectivity index (χ4v) is 2.52. The molecule has 1 unspecified atom stereocenters. The molecule has 2 rings (SSSR count). The Morgan fingerprint density at radius 2 is 2.20 bits per heavy atom. The molecule has 0 amide bonds. The Morgan fingerprint density at radius 3 is 2.80 bits per heavy atom. The average Bonchev–Trinajstić information content (AvgIpc) is 2.11. The van der Waals surface area contributed by atoms with Gasteiger partial charge in [-0.25, -0.2) is 4.39 Å². The number of hydrogen-bond acceptors (Lipinski definition) is 0. The van der Waals surface area contributed by atoms with Gasteiger partial charge in [-0.1, -0.05) is 31.4 Å². The lowest BCUT2D eigenvalue weighted by Crippen LogP contribution is -2.17. The number of benzene rings is 1. The van der Waals surface area contributed by atoms with Crippen LogP contribution >= 0.6 is 11.6 Å². The topological polar surface area (TPSA) is 0 Å². The van der Waals surface area contributed by atoms with E-state index >= 15 is 0 Å². The van der Waals surface area contributed by atoms with Gasteiger partial charge in [0, 0.05) is 5.38 Å². The Morgan fingerprint density at radius 1 is 1.40 bits per heavy atom. The van der Waals surface area contributed by atoms with Gasteiger partial charge in [-0.15, -0.1) is 11.6 Å². The minimum absolute atomic E-state index is 0.164. The molecule has 82 valence electrons. The lowest BCUT2D eigenvalue weighted by atomic mass is 9.81. The van der Waals surface area contributed by atoms with Crippen LogP contribution in [0.25, 0.3) is 0 Å². The van der Waals surface area contributed by atoms with Gasteiger partial charge >= 0.3 is 0 Å². The Kier molecular flexibility index (Phi) is 3.63. The first-order chi connectivity index (χ1) is 7.24. The second-order valence-electron chi connectivity index (χ2n) is 4.46. The van der Waals surface area contributed by atoms with Gasteiger partial charge in [0.2, 0.25) is 0 Å². The fraction of sp³-hybridized carbons (Fsp3) is 0.538. The van der Waals surface area contributed by atoms with Crippen molar-refractivity contribution < 1.29 is 4.39 Å². The Bertz CT molecular complexity index is 320. The third-order valence-corrected chi connectivity index (χ3v) is 3.49. The summed E-state index contributed by atoms with van der Waals surface area (Å²) in [4.78, 5) is 0. The maximum Gasteiger partial charge on any atom is 0.123 e. The fourth-order valence-electron chi connectivity index (χ4n) is 2.09. The van der Waals surface area contributed by atoms with E-state index in [1.807, 2.05) is 6.07 Å². The molecular formula is C13H16ClF. The second-order valence-corrected chi connectivity index (χ2v) is 5.08. The first-order valence-corrected chi connectivity index (χ1v) is 6.06. The van der Waals surface area contributed by atoms with Crippen molar-refractivity contribution in [3.8, 4) is 0 Å². The molecule has 0 bridgehead atoms. The molecule has 1 fully saturated rings. The lowest BCUT2D eigenvalue weighted by Gasteiger charge is -2.27. The first kappa shape index (κ1) is 10.9. The van der Waals surface area contributed by atoms with E-state index in [9.17, 15) is 4.39 Å². The van der Waals surface area contributed by atoms with E-state index in [-0.39, 0.29) is 11.2 Å². The zero-order valence-electron chi connectivity index (χ0n) is 8.76. The predicted octanol–water partition coefficient (Wildman–Crippen LogP) is 4.17. The van der Waals surface area contributed by atoms with Crippen molar-refractivity contribution in [3.05, 3.63) is 35.6 Å². The van der Waals surface area contributed by atoms with Gasteiger partial charge in [0.25, 0.3) is 0 Å². The molecule has 0 aliphatic heterocycles. The van der Waals surface area contributed by atoms with Gasteiger partial charge in [0.15, 0.2) is 0 Å². The molecule has 1 aromatic rings. The number of alkyl halides is 1. The number of rotatable bonds is 4. The smallest absolute Gasteiger partial charge is 0.123 e. The zero-order chi connectivity index (χ0) is 10.7. The largest absolute Gasteiger partial charge is 0.207 e. The van der Waals surface area contributed by atoms with E-state index < -0.39 is 0 Å². The standard InChI is InChI=1S/C13H16ClF/c14-12(7-10-3-1-4-10)8-11-5-2-6-13(15)9-11/h2,5-6,9-10,12H,1,3-4,7-8H2. The molecule has 2 heteroatoms. The highest BCUT2D eigenvalue weighted by Gasteiger charge is 2.20. The van der Waals surface area contributed by atoms with Crippen LogP contribution in [-0.2, 0) is 6.42 Å². The minimum atomic E-state index is -0.167. The van der Waals surface area contributed by atoms with Gasteiger partial charge in [-0.2, -0.15) is 0 Å². The number of halogens is 2. The molecule has 0 saturated heterocycles. The average molecular weight is 227 g/mol. The van der Waals surface area contributed by atoms with E-state index in [0.29, 0.717) is 0 Å². The van der Waals surface area contributed by atoms with Crippen molar-refractivity contribution in [3.63, 3.8) is 0 Å². The molecule has 0 heterocycles. The van der Waals surface area contributed by atoms with Crippen molar-refractivity contribution in [2.24, 2.45) is 5.92 Å². The molecule has 0 N–H and O–H groups in total. The molecule has 1 aliphatic rings. The Balaban J connectivity index is 1.84. The first-order valence-electron chi connectivity index (χ1n) is 5.62. The predicted molar refractivity (Wildman–Crippen MR) is 61.7 cm³/mol. The second kappa shape index (κ2) is 4.98. The minimum Gasteiger partial charge on any atom is -0.207 e. The van der Waals surface area contributed by atoms with Crippen molar-refractivity contribution in [2.45, 2.75) is 37.5 Å². The van der Waals surface area contributed by atoms with Gasteiger partial charge in [0.1, 0.15) is 5.82 Å². The summed E-state index contributed by atoms with van der Waals surface area (Å²) in [6.45, 7) is 0. The zero-order valence-corrected chi connectivity index (χ0v) is 9.51. The van der Waals surface area contributed by atoms with Crippen LogP contribution in [0.3, 0.4) is 0 Å². The van der Waals surface area contributed by atoms with Crippen molar-refractivity contribution in [1.82, 2.24) is 0 Å². The molecule has 1 aliphatic carbocycles. The number of hydrogen-bond donors (Lipinski definition) is 0. The van der Waals surface area contributed by atoms with Crippen LogP contribution in [0, 0.1) is 11.7 Å². The normalized spacial score (nSPS) is 18.5. The van der Waals surface area contributed by atoms with Crippen LogP contribution in [0.5, 0.6) is 0 Å². The van der Waals surface area contributed by atoms with Crippen LogP contribution in [0.1, 0.15) is 31.2 Å². The highest BCUT2D eigenvalue weighted by atomic mass is 35.5. The highest BCUT2D eigenvalue weighted by molar-refractivity contribution is 6.20. The SMILES string of the molecule is Fc1cccc(CC(Cl)CC2CCC2)c1.